The summed E-state index contributed by atoms with van der Waals surface area (Å²) in [6.45, 7) is 0.0199. The molecule has 0 aromatic carbocycles. The van der Waals surface area contributed by atoms with Crippen LogP contribution in [0.1, 0.15) is 16.2 Å². The van der Waals surface area contributed by atoms with Crippen molar-refractivity contribution >= 4 is 17.5 Å². The highest BCUT2D eigenvalue weighted by atomic mass is 19.1. The zero-order valence-corrected chi connectivity index (χ0v) is 15.4. The highest BCUT2D eigenvalue weighted by molar-refractivity contribution is 6.08. The van der Waals surface area contributed by atoms with Crippen LogP contribution in [0.15, 0.2) is 30.6 Å². The van der Waals surface area contributed by atoms with Gasteiger partial charge in [0.2, 0.25) is 0 Å². The van der Waals surface area contributed by atoms with E-state index in [9.17, 15) is 9.18 Å². The summed E-state index contributed by atoms with van der Waals surface area (Å²) in [6, 6.07) is 5.58. The van der Waals surface area contributed by atoms with E-state index >= 15 is 0 Å². The van der Waals surface area contributed by atoms with Crippen molar-refractivity contribution in [3.8, 4) is 11.4 Å². The summed E-state index contributed by atoms with van der Waals surface area (Å²) >= 11 is 0. The van der Waals surface area contributed by atoms with Gasteiger partial charge < -0.3 is 9.47 Å². The predicted octanol–water partition coefficient (Wildman–Crippen LogP) is 1.87. The van der Waals surface area contributed by atoms with Crippen LogP contribution < -0.4 is 9.80 Å². The molecule has 140 valence electrons. The normalized spacial score (nSPS) is 13.3. The number of hydrogen-bond acceptors (Lipinski definition) is 5. The van der Waals surface area contributed by atoms with Crippen LogP contribution in [-0.4, -0.2) is 51.0 Å². The number of pyridine rings is 1. The lowest BCUT2D eigenvalue weighted by Gasteiger charge is -2.14. The van der Waals surface area contributed by atoms with Crippen molar-refractivity contribution in [2.75, 3.05) is 30.6 Å². The van der Waals surface area contributed by atoms with Gasteiger partial charge in [-0.2, -0.15) is 5.10 Å². The Bertz CT molecular complexity index is 990. The van der Waals surface area contributed by atoms with Gasteiger partial charge in [0.25, 0.3) is 5.91 Å². The van der Waals surface area contributed by atoms with Crippen molar-refractivity contribution in [3.05, 3.63) is 42.0 Å². The van der Waals surface area contributed by atoms with Crippen molar-refractivity contribution in [2.24, 2.45) is 7.05 Å². The number of aryl methyl sites for hydroxylation is 1. The molecule has 1 aliphatic heterocycles. The Balaban J connectivity index is 1.62. The minimum absolute atomic E-state index is 0.158. The quantitative estimate of drug-likeness (QED) is 0.687. The molecule has 8 nitrogen and oxygen atoms in total. The highest BCUT2D eigenvalue weighted by Crippen LogP contribution is 2.30. The third-order valence-corrected chi connectivity index (χ3v) is 4.60. The summed E-state index contributed by atoms with van der Waals surface area (Å²) < 4.78 is 15.8. The number of aromatic nitrogens is 5. The largest absolute Gasteiger partial charge is 0.363 e. The van der Waals surface area contributed by atoms with Gasteiger partial charge in [-0.15, -0.1) is 0 Å². The van der Waals surface area contributed by atoms with E-state index in [-0.39, 0.29) is 12.5 Å². The molecule has 1 aliphatic rings. The Labute approximate surface area is 155 Å². The fraction of sp³-hybridized carbons (Fsp3) is 0.333. The van der Waals surface area contributed by atoms with Crippen LogP contribution in [0.3, 0.4) is 0 Å². The fourth-order valence-electron chi connectivity index (χ4n) is 3.21. The van der Waals surface area contributed by atoms with Crippen LogP contribution in [0, 0.1) is 0 Å². The van der Waals surface area contributed by atoms with Gasteiger partial charge in [0, 0.05) is 45.2 Å². The number of rotatable bonds is 5. The van der Waals surface area contributed by atoms with E-state index in [0.717, 1.165) is 11.4 Å². The minimum Gasteiger partial charge on any atom is -0.363 e. The van der Waals surface area contributed by atoms with Gasteiger partial charge >= 0.3 is 0 Å². The first-order chi connectivity index (χ1) is 13.0. The van der Waals surface area contributed by atoms with Gasteiger partial charge in [-0.3, -0.25) is 14.4 Å². The van der Waals surface area contributed by atoms with Crippen LogP contribution >= 0.6 is 0 Å². The number of fused-ring (bicyclic) bond motifs is 1. The molecule has 4 heterocycles. The highest BCUT2D eigenvalue weighted by Gasteiger charge is 2.35. The van der Waals surface area contributed by atoms with E-state index < -0.39 is 6.67 Å². The third-order valence-electron chi connectivity index (χ3n) is 4.60. The number of carbonyl (C=O) groups excluding carboxylic acids is 1. The monoisotopic (exact) mass is 369 g/mol. The fourth-order valence-corrected chi connectivity index (χ4v) is 3.21. The molecular weight excluding hydrogens is 349 g/mol. The molecule has 0 bridgehead atoms. The van der Waals surface area contributed by atoms with Gasteiger partial charge in [0.1, 0.15) is 24.0 Å². The Hall–Kier alpha value is -3.23. The molecule has 0 spiro atoms. The molecule has 1 amide bonds. The van der Waals surface area contributed by atoms with Crippen LogP contribution in [0.2, 0.25) is 0 Å². The topological polar surface area (TPSA) is 72.1 Å². The summed E-state index contributed by atoms with van der Waals surface area (Å²) in [5.74, 6) is 1.90. The lowest BCUT2D eigenvalue weighted by Crippen LogP contribution is -2.25. The van der Waals surface area contributed by atoms with E-state index in [4.69, 9.17) is 0 Å². The number of anilines is 2. The van der Waals surface area contributed by atoms with E-state index in [1.807, 2.05) is 38.2 Å². The SMILES string of the molecule is CN(C)c1ccc(-c2nc3c(n2C)C(=O)N(c2ccn(CCF)n2)C3)cn1. The summed E-state index contributed by atoms with van der Waals surface area (Å²) in [5.41, 5.74) is 2.10. The standard InChI is InChI=1S/C18H20FN7O/c1-23(2)14-5-4-12(10-20-14)17-21-13-11-26(18(27)16(13)24(17)3)15-6-8-25(22-15)9-7-19/h4-6,8,10H,7,9,11H2,1-3H3. The molecule has 0 radical (unpaired) electrons. The first kappa shape index (κ1) is 17.2. The van der Waals surface area contributed by atoms with Crippen molar-refractivity contribution < 1.29 is 9.18 Å². The number of hydrogen-bond donors (Lipinski definition) is 0. The molecule has 0 fully saturated rings. The lowest BCUT2D eigenvalue weighted by atomic mass is 10.2. The molecule has 9 heteroatoms. The molecule has 0 atom stereocenters. The molecular formula is C18H20FN7O. The number of amides is 1. The Morgan fingerprint density at radius 2 is 2.07 bits per heavy atom. The second-order valence-electron chi connectivity index (χ2n) is 6.61. The number of halogens is 1. The van der Waals surface area contributed by atoms with Crippen LogP contribution in [-0.2, 0) is 20.1 Å². The number of imidazole rings is 1. The molecule has 0 saturated heterocycles. The first-order valence-electron chi connectivity index (χ1n) is 8.60. The average Bonchev–Trinajstić information content (AvgIpc) is 3.32. The summed E-state index contributed by atoms with van der Waals surface area (Å²) in [6.07, 6.45) is 3.43. The second kappa shape index (κ2) is 6.49. The van der Waals surface area contributed by atoms with E-state index in [1.165, 1.54) is 4.68 Å². The Kier molecular flexibility index (Phi) is 4.14. The maximum absolute atomic E-state index is 12.9. The summed E-state index contributed by atoms with van der Waals surface area (Å²) in [4.78, 5) is 25.4. The van der Waals surface area contributed by atoms with Gasteiger partial charge in [0.05, 0.1) is 18.8 Å². The van der Waals surface area contributed by atoms with Gasteiger partial charge in [0.15, 0.2) is 5.82 Å². The maximum Gasteiger partial charge on any atom is 0.278 e. The van der Waals surface area contributed by atoms with Gasteiger partial charge in [-0.05, 0) is 12.1 Å². The van der Waals surface area contributed by atoms with E-state index in [0.29, 0.717) is 29.6 Å². The molecule has 0 aliphatic carbocycles. The third kappa shape index (κ3) is 2.84. The zero-order valence-electron chi connectivity index (χ0n) is 15.4. The zero-order chi connectivity index (χ0) is 19.1. The van der Waals surface area contributed by atoms with Crippen LogP contribution in [0.4, 0.5) is 16.0 Å². The molecule has 4 rings (SSSR count). The predicted molar refractivity (Wildman–Crippen MR) is 99.5 cm³/mol. The van der Waals surface area contributed by atoms with Crippen molar-refractivity contribution in [1.29, 1.82) is 0 Å². The van der Waals surface area contributed by atoms with Crippen molar-refractivity contribution in [1.82, 2.24) is 24.3 Å². The molecule has 0 saturated carbocycles. The first-order valence-corrected chi connectivity index (χ1v) is 8.60. The summed E-state index contributed by atoms with van der Waals surface area (Å²) in [7, 11) is 5.68. The molecule has 0 unspecified atom stereocenters. The van der Waals surface area contributed by atoms with E-state index in [1.54, 1.807) is 27.9 Å². The smallest absolute Gasteiger partial charge is 0.278 e. The lowest BCUT2D eigenvalue weighted by molar-refractivity contribution is 0.0988. The maximum atomic E-state index is 12.9. The second-order valence-corrected chi connectivity index (χ2v) is 6.61. The van der Waals surface area contributed by atoms with Gasteiger partial charge in [-0.25, -0.2) is 14.4 Å². The molecule has 3 aromatic rings. The number of nitrogens with zero attached hydrogens (tertiary/aromatic N) is 7. The molecule has 0 N–H and O–H groups in total. The number of alkyl halides is 1. The Morgan fingerprint density at radius 3 is 2.70 bits per heavy atom. The average molecular weight is 369 g/mol. The minimum atomic E-state index is -0.499. The Morgan fingerprint density at radius 1 is 1.26 bits per heavy atom. The van der Waals surface area contributed by atoms with Crippen LogP contribution in [0.25, 0.3) is 11.4 Å². The molecule has 3 aromatic heterocycles. The van der Waals surface area contributed by atoms with Gasteiger partial charge in [-0.1, -0.05) is 0 Å². The molecule has 27 heavy (non-hydrogen) atoms. The van der Waals surface area contributed by atoms with Crippen molar-refractivity contribution in [2.45, 2.75) is 13.1 Å². The van der Waals surface area contributed by atoms with Crippen LogP contribution in [0.5, 0.6) is 0 Å². The number of carbonyl (C=O) groups is 1. The summed E-state index contributed by atoms with van der Waals surface area (Å²) in [5, 5.41) is 4.26. The van der Waals surface area contributed by atoms with Crippen molar-refractivity contribution in [3.63, 3.8) is 0 Å². The van der Waals surface area contributed by atoms with E-state index in [2.05, 4.69) is 15.1 Å².